The van der Waals surface area contributed by atoms with Crippen LogP contribution in [-0.4, -0.2) is 57.4 Å². The number of halogens is 1. The molecule has 1 heterocycles. The molecule has 1 saturated heterocycles. The predicted molar refractivity (Wildman–Crippen MR) is 120 cm³/mol. The van der Waals surface area contributed by atoms with Gasteiger partial charge in [-0.25, -0.2) is 8.42 Å². The summed E-state index contributed by atoms with van der Waals surface area (Å²) < 4.78 is 30.9. The third-order valence-corrected chi connectivity index (χ3v) is 8.55. The number of nitrogens with zero attached hydrogens (tertiary/aromatic N) is 1. The maximum absolute atomic E-state index is 12.5. The summed E-state index contributed by atoms with van der Waals surface area (Å²) in [6, 6.07) is 15.2. The minimum absolute atomic E-state index is 0.200. The van der Waals surface area contributed by atoms with Gasteiger partial charge in [0, 0.05) is 31.2 Å². The average Bonchev–Trinajstić information content (AvgIpc) is 2.70. The first-order valence-electron chi connectivity index (χ1n) is 10.7. The smallest absolute Gasteiger partial charge is 0.181 e. The molecule has 1 saturated carbocycles. The Bertz CT molecular complexity index is 945. The molecular formula is C23H29ClN2O3S. The number of sulfone groups is 1. The fraction of sp³-hybridized carbons (Fsp3) is 0.478. The van der Waals surface area contributed by atoms with Gasteiger partial charge in [0.1, 0.15) is 12.4 Å². The summed E-state index contributed by atoms with van der Waals surface area (Å²) in [5.41, 5.74) is 1.26. The van der Waals surface area contributed by atoms with Gasteiger partial charge in [-0.1, -0.05) is 30.2 Å². The van der Waals surface area contributed by atoms with Crippen molar-refractivity contribution in [2.45, 2.75) is 41.9 Å². The molecule has 1 aliphatic heterocycles. The molecule has 0 bridgehead atoms. The number of ether oxygens (including phenoxy) is 1. The molecule has 4 rings (SSSR count). The lowest BCUT2D eigenvalue weighted by Crippen LogP contribution is -2.53. The average molecular weight is 449 g/mol. The molecule has 2 aromatic carbocycles. The second kappa shape index (κ2) is 9.69. The van der Waals surface area contributed by atoms with Gasteiger partial charge >= 0.3 is 0 Å². The van der Waals surface area contributed by atoms with Crippen molar-refractivity contribution in [2.75, 3.05) is 32.8 Å². The van der Waals surface area contributed by atoms with E-state index in [4.69, 9.17) is 16.3 Å². The summed E-state index contributed by atoms with van der Waals surface area (Å²) in [7, 11) is -3.18. The van der Waals surface area contributed by atoms with Gasteiger partial charge in [0.15, 0.2) is 9.84 Å². The van der Waals surface area contributed by atoms with E-state index in [-0.39, 0.29) is 11.3 Å². The number of hydrogen-bond donors (Lipinski definition) is 1. The largest absolute Gasteiger partial charge is 0.492 e. The van der Waals surface area contributed by atoms with Crippen LogP contribution in [0.5, 0.6) is 5.75 Å². The third kappa shape index (κ3) is 5.35. The Morgan fingerprint density at radius 2 is 1.93 bits per heavy atom. The lowest BCUT2D eigenvalue weighted by molar-refractivity contribution is 0.159. The summed E-state index contributed by atoms with van der Waals surface area (Å²) in [5.74, 6) is 0.709. The SMILES string of the molecule is O=S(=O)(c1ccc(OC[C@@H]2CN(CCc3cccc(Cl)c3)CCN2)cc1)C1CCC1. The van der Waals surface area contributed by atoms with E-state index in [1.165, 1.54) is 5.56 Å². The summed E-state index contributed by atoms with van der Waals surface area (Å²) >= 11 is 6.08. The first-order chi connectivity index (χ1) is 14.5. The molecule has 30 heavy (non-hydrogen) atoms. The van der Waals surface area contributed by atoms with Gasteiger partial charge in [-0.05, 0) is 61.2 Å². The van der Waals surface area contributed by atoms with Crippen molar-refractivity contribution in [3.05, 3.63) is 59.1 Å². The van der Waals surface area contributed by atoms with Crippen LogP contribution in [0.15, 0.2) is 53.4 Å². The zero-order valence-electron chi connectivity index (χ0n) is 17.1. The molecular weight excluding hydrogens is 420 g/mol. The van der Waals surface area contributed by atoms with Crippen LogP contribution in [-0.2, 0) is 16.3 Å². The van der Waals surface area contributed by atoms with Crippen LogP contribution in [0.25, 0.3) is 0 Å². The standard InChI is InChI=1S/C23H29ClN2O3S/c24-19-4-1-3-18(15-19)11-13-26-14-12-25-20(16-26)17-29-21-7-9-23(10-8-21)30(27,28)22-5-2-6-22/h1,3-4,7-10,15,20,22,25H,2,5-6,11-14,16-17H2/t20-/m0/s1. The van der Waals surface area contributed by atoms with Gasteiger partial charge in [-0.15, -0.1) is 0 Å². The third-order valence-electron chi connectivity index (χ3n) is 6.04. The lowest BCUT2D eigenvalue weighted by Gasteiger charge is -2.33. The van der Waals surface area contributed by atoms with Crippen LogP contribution in [0, 0.1) is 0 Å². The Hall–Kier alpha value is -1.60. The lowest BCUT2D eigenvalue weighted by atomic mass is 10.00. The summed E-state index contributed by atoms with van der Waals surface area (Å²) in [5, 5.41) is 4.09. The monoisotopic (exact) mass is 448 g/mol. The molecule has 2 aromatic rings. The number of benzene rings is 2. The number of piperazine rings is 1. The van der Waals surface area contributed by atoms with E-state index in [9.17, 15) is 8.42 Å². The molecule has 0 unspecified atom stereocenters. The Morgan fingerprint density at radius 1 is 1.13 bits per heavy atom. The maximum Gasteiger partial charge on any atom is 0.181 e. The van der Waals surface area contributed by atoms with Crippen LogP contribution >= 0.6 is 11.6 Å². The first-order valence-corrected chi connectivity index (χ1v) is 12.6. The molecule has 5 nitrogen and oxygen atoms in total. The molecule has 1 N–H and O–H groups in total. The topological polar surface area (TPSA) is 58.6 Å². The van der Waals surface area contributed by atoms with Crippen molar-refractivity contribution < 1.29 is 13.2 Å². The van der Waals surface area contributed by atoms with E-state index in [1.807, 2.05) is 18.2 Å². The van der Waals surface area contributed by atoms with Gasteiger partial charge in [0.05, 0.1) is 16.2 Å². The van der Waals surface area contributed by atoms with Gasteiger partial charge in [0.2, 0.25) is 0 Å². The molecule has 0 radical (unpaired) electrons. The Labute approximate surface area is 184 Å². The van der Waals surface area contributed by atoms with Crippen LogP contribution < -0.4 is 10.1 Å². The molecule has 2 fully saturated rings. The second-order valence-corrected chi connectivity index (χ2v) is 10.9. The number of nitrogens with one attached hydrogen (secondary N) is 1. The van der Waals surface area contributed by atoms with E-state index in [2.05, 4.69) is 16.3 Å². The Kier molecular flexibility index (Phi) is 6.98. The van der Waals surface area contributed by atoms with Gasteiger partial charge in [-0.3, -0.25) is 0 Å². The highest BCUT2D eigenvalue weighted by Crippen LogP contribution is 2.31. The number of hydrogen-bond acceptors (Lipinski definition) is 5. The molecule has 162 valence electrons. The predicted octanol–water partition coefficient (Wildman–Crippen LogP) is 3.56. The summed E-state index contributed by atoms with van der Waals surface area (Å²) in [6.45, 7) is 4.43. The first kappa shape index (κ1) is 21.6. The normalized spacial score (nSPS) is 20.6. The van der Waals surface area contributed by atoms with Gasteiger partial charge < -0.3 is 15.0 Å². The van der Waals surface area contributed by atoms with Crippen molar-refractivity contribution in [1.29, 1.82) is 0 Å². The molecule has 1 aliphatic carbocycles. The van der Waals surface area contributed by atoms with Crippen LogP contribution in [0.1, 0.15) is 24.8 Å². The maximum atomic E-state index is 12.5. The fourth-order valence-corrected chi connectivity index (χ4v) is 6.05. The number of rotatable bonds is 8. The van der Waals surface area contributed by atoms with Crippen molar-refractivity contribution >= 4 is 21.4 Å². The van der Waals surface area contributed by atoms with Crippen molar-refractivity contribution in [3.63, 3.8) is 0 Å². The minimum Gasteiger partial charge on any atom is -0.492 e. The van der Waals surface area contributed by atoms with E-state index < -0.39 is 9.84 Å². The summed E-state index contributed by atoms with van der Waals surface area (Å²) in [6.07, 6.45) is 3.55. The van der Waals surface area contributed by atoms with Crippen LogP contribution in [0.3, 0.4) is 0 Å². The van der Waals surface area contributed by atoms with Gasteiger partial charge in [-0.2, -0.15) is 0 Å². The van der Waals surface area contributed by atoms with E-state index in [0.29, 0.717) is 17.3 Å². The molecule has 0 amide bonds. The molecule has 0 aromatic heterocycles. The van der Waals surface area contributed by atoms with Crippen LogP contribution in [0.4, 0.5) is 0 Å². The summed E-state index contributed by atoms with van der Waals surface area (Å²) in [4.78, 5) is 2.85. The zero-order chi connectivity index (χ0) is 21.0. The quantitative estimate of drug-likeness (QED) is 0.669. The van der Waals surface area contributed by atoms with E-state index >= 15 is 0 Å². The Morgan fingerprint density at radius 3 is 2.63 bits per heavy atom. The van der Waals surface area contributed by atoms with Gasteiger partial charge in [0.25, 0.3) is 0 Å². The molecule has 0 spiro atoms. The Balaban J connectivity index is 1.25. The van der Waals surface area contributed by atoms with E-state index in [1.54, 1.807) is 24.3 Å². The minimum atomic E-state index is -3.18. The fourth-order valence-electron chi connectivity index (χ4n) is 3.98. The van der Waals surface area contributed by atoms with Crippen molar-refractivity contribution in [3.8, 4) is 5.75 Å². The van der Waals surface area contributed by atoms with E-state index in [0.717, 1.165) is 56.9 Å². The molecule has 2 aliphatic rings. The molecule has 7 heteroatoms. The highest BCUT2D eigenvalue weighted by Gasteiger charge is 2.32. The van der Waals surface area contributed by atoms with Crippen molar-refractivity contribution in [1.82, 2.24) is 10.2 Å². The highest BCUT2D eigenvalue weighted by atomic mass is 35.5. The highest BCUT2D eigenvalue weighted by molar-refractivity contribution is 7.92. The zero-order valence-corrected chi connectivity index (χ0v) is 18.7. The van der Waals surface area contributed by atoms with Crippen molar-refractivity contribution in [2.24, 2.45) is 0 Å². The second-order valence-electron chi connectivity index (χ2n) is 8.21. The molecule has 1 atom stereocenters. The van der Waals surface area contributed by atoms with Crippen LogP contribution in [0.2, 0.25) is 5.02 Å².